The summed E-state index contributed by atoms with van der Waals surface area (Å²) in [6.07, 6.45) is 0. The van der Waals surface area contributed by atoms with Crippen molar-refractivity contribution >= 4 is 29.4 Å². The number of carbonyl (C=O) groups excluding carboxylic acids is 4. The minimum atomic E-state index is -0.891. The molecule has 0 spiro atoms. The zero-order valence-electron chi connectivity index (χ0n) is 16.3. The number of nitrogens with zero attached hydrogens (tertiary/aromatic N) is 1. The molecule has 0 aliphatic heterocycles. The zero-order chi connectivity index (χ0) is 21.9. The standard InChI is InChI=1S/C21H21FN2O6/c1-2-29-20(27)13-24(15-8-4-3-5-9-15)18(25)14-30-19(26)12-23-21(28)16-10-6-7-11-17(16)22/h3-11H,2,12-14H2,1H3,(H,23,28). The number of para-hydroxylation sites is 1. The van der Waals surface area contributed by atoms with Crippen LogP contribution in [0.25, 0.3) is 0 Å². The monoisotopic (exact) mass is 416 g/mol. The van der Waals surface area contributed by atoms with Crippen LogP contribution in [0.4, 0.5) is 10.1 Å². The van der Waals surface area contributed by atoms with Crippen LogP contribution >= 0.6 is 0 Å². The molecule has 2 rings (SSSR count). The van der Waals surface area contributed by atoms with Gasteiger partial charge in [0.25, 0.3) is 11.8 Å². The van der Waals surface area contributed by atoms with Crippen molar-refractivity contribution < 1.29 is 33.0 Å². The highest BCUT2D eigenvalue weighted by molar-refractivity contribution is 5.99. The first-order chi connectivity index (χ1) is 14.4. The van der Waals surface area contributed by atoms with Gasteiger partial charge in [0.05, 0.1) is 12.2 Å². The number of hydrogen-bond acceptors (Lipinski definition) is 6. The van der Waals surface area contributed by atoms with Gasteiger partial charge in [-0.1, -0.05) is 30.3 Å². The fourth-order valence-corrected chi connectivity index (χ4v) is 2.43. The topological polar surface area (TPSA) is 102 Å². The van der Waals surface area contributed by atoms with Crippen molar-refractivity contribution in [2.45, 2.75) is 6.92 Å². The fourth-order valence-electron chi connectivity index (χ4n) is 2.43. The number of benzene rings is 2. The second-order valence-corrected chi connectivity index (χ2v) is 5.94. The van der Waals surface area contributed by atoms with Gasteiger partial charge in [-0.05, 0) is 31.2 Å². The number of hydrogen-bond donors (Lipinski definition) is 1. The van der Waals surface area contributed by atoms with E-state index in [1.807, 2.05) is 0 Å². The molecule has 0 aliphatic carbocycles. The van der Waals surface area contributed by atoms with Crippen molar-refractivity contribution in [2.24, 2.45) is 0 Å². The first kappa shape index (κ1) is 22.5. The molecule has 1 N–H and O–H groups in total. The summed E-state index contributed by atoms with van der Waals surface area (Å²) in [6.45, 7) is 0.251. The summed E-state index contributed by atoms with van der Waals surface area (Å²) in [7, 11) is 0. The highest BCUT2D eigenvalue weighted by Gasteiger charge is 2.21. The maximum atomic E-state index is 13.6. The van der Waals surface area contributed by atoms with E-state index in [0.717, 1.165) is 11.0 Å². The van der Waals surface area contributed by atoms with Gasteiger partial charge < -0.3 is 14.8 Å². The van der Waals surface area contributed by atoms with Crippen LogP contribution in [0.1, 0.15) is 17.3 Å². The van der Waals surface area contributed by atoms with Gasteiger partial charge in [0, 0.05) is 5.69 Å². The highest BCUT2D eigenvalue weighted by Crippen LogP contribution is 2.13. The third-order valence-electron chi connectivity index (χ3n) is 3.83. The molecule has 0 atom stereocenters. The lowest BCUT2D eigenvalue weighted by Crippen LogP contribution is -2.40. The van der Waals surface area contributed by atoms with Crippen molar-refractivity contribution in [3.05, 3.63) is 66.0 Å². The summed E-state index contributed by atoms with van der Waals surface area (Å²) >= 11 is 0. The number of halogens is 1. The average molecular weight is 416 g/mol. The third kappa shape index (κ3) is 6.69. The van der Waals surface area contributed by atoms with Gasteiger partial charge in [-0.15, -0.1) is 0 Å². The van der Waals surface area contributed by atoms with Crippen LogP contribution < -0.4 is 10.2 Å². The van der Waals surface area contributed by atoms with Gasteiger partial charge in [0.15, 0.2) is 6.61 Å². The largest absolute Gasteiger partial charge is 0.465 e. The van der Waals surface area contributed by atoms with Gasteiger partial charge in [0.1, 0.15) is 18.9 Å². The van der Waals surface area contributed by atoms with Crippen LogP contribution in [-0.2, 0) is 23.9 Å². The Bertz CT molecular complexity index is 903. The Morgan fingerprint density at radius 1 is 0.933 bits per heavy atom. The van der Waals surface area contributed by atoms with Crippen molar-refractivity contribution in [3.8, 4) is 0 Å². The summed E-state index contributed by atoms with van der Waals surface area (Å²) in [4.78, 5) is 49.2. The van der Waals surface area contributed by atoms with Gasteiger partial charge in [-0.2, -0.15) is 0 Å². The Labute approximate surface area is 172 Å². The molecular formula is C21H21FN2O6. The van der Waals surface area contributed by atoms with E-state index in [4.69, 9.17) is 9.47 Å². The zero-order valence-corrected chi connectivity index (χ0v) is 16.3. The van der Waals surface area contributed by atoms with E-state index in [1.165, 1.54) is 18.2 Å². The molecule has 0 fully saturated rings. The number of amides is 2. The SMILES string of the molecule is CCOC(=O)CN(C(=O)COC(=O)CNC(=O)c1ccccc1F)c1ccccc1. The van der Waals surface area contributed by atoms with Crippen LogP contribution in [0, 0.1) is 5.82 Å². The minimum absolute atomic E-state index is 0.159. The number of ether oxygens (including phenoxy) is 2. The van der Waals surface area contributed by atoms with E-state index in [-0.39, 0.29) is 18.7 Å². The smallest absolute Gasteiger partial charge is 0.326 e. The Morgan fingerprint density at radius 2 is 1.60 bits per heavy atom. The van der Waals surface area contributed by atoms with Crippen LogP contribution in [0.3, 0.4) is 0 Å². The number of nitrogens with one attached hydrogen (secondary N) is 1. The number of rotatable bonds is 9. The Kier molecular flexibility index (Phi) is 8.49. The lowest BCUT2D eigenvalue weighted by Gasteiger charge is -2.21. The van der Waals surface area contributed by atoms with E-state index >= 15 is 0 Å². The van der Waals surface area contributed by atoms with E-state index in [2.05, 4.69) is 5.32 Å². The van der Waals surface area contributed by atoms with E-state index < -0.39 is 42.7 Å². The molecule has 0 saturated heterocycles. The van der Waals surface area contributed by atoms with Gasteiger partial charge >= 0.3 is 11.9 Å². The third-order valence-corrected chi connectivity index (χ3v) is 3.83. The molecule has 0 saturated carbocycles. The van der Waals surface area contributed by atoms with E-state index in [9.17, 15) is 23.6 Å². The highest BCUT2D eigenvalue weighted by atomic mass is 19.1. The summed E-state index contributed by atoms with van der Waals surface area (Å²) < 4.78 is 23.3. The molecule has 0 bridgehead atoms. The quantitative estimate of drug-likeness (QED) is 0.625. The predicted molar refractivity (Wildman–Crippen MR) is 105 cm³/mol. The lowest BCUT2D eigenvalue weighted by molar-refractivity contribution is -0.147. The summed E-state index contributed by atoms with van der Waals surface area (Å²) in [5.41, 5.74) is 0.213. The first-order valence-corrected chi connectivity index (χ1v) is 9.11. The minimum Gasteiger partial charge on any atom is -0.465 e. The van der Waals surface area contributed by atoms with Crippen molar-refractivity contribution in [1.29, 1.82) is 0 Å². The van der Waals surface area contributed by atoms with Gasteiger partial charge in [-0.25, -0.2) is 4.39 Å². The van der Waals surface area contributed by atoms with Crippen molar-refractivity contribution in [1.82, 2.24) is 5.32 Å². The van der Waals surface area contributed by atoms with Gasteiger partial charge in [-0.3, -0.25) is 24.1 Å². The molecule has 2 aromatic rings. The van der Waals surface area contributed by atoms with Crippen molar-refractivity contribution in [2.75, 3.05) is 31.2 Å². The number of anilines is 1. The lowest BCUT2D eigenvalue weighted by atomic mass is 10.2. The molecule has 0 heterocycles. The molecule has 0 aromatic heterocycles. The molecule has 8 nitrogen and oxygen atoms in total. The Balaban J connectivity index is 1.90. The van der Waals surface area contributed by atoms with Crippen LogP contribution in [0.5, 0.6) is 0 Å². The Hall–Kier alpha value is -3.75. The molecule has 30 heavy (non-hydrogen) atoms. The molecule has 158 valence electrons. The molecule has 0 unspecified atom stereocenters. The average Bonchev–Trinajstić information content (AvgIpc) is 2.75. The van der Waals surface area contributed by atoms with E-state index in [0.29, 0.717) is 5.69 Å². The molecule has 2 amide bonds. The van der Waals surface area contributed by atoms with Crippen LogP contribution in [-0.4, -0.2) is 50.1 Å². The molecule has 0 aliphatic rings. The second kappa shape index (κ2) is 11.3. The number of carbonyl (C=O) groups is 4. The fraction of sp³-hybridized carbons (Fsp3) is 0.238. The summed E-state index contributed by atoms with van der Waals surface area (Å²) in [5.74, 6) is -3.67. The van der Waals surface area contributed by atoms with Crippen molar-refractivity contribution in [3.63, 3.8) is 0 Å². The number of esters is 2. The first-order valence-electron chi connectivity index (χ1n) is 9.11. The van der Waals surface area contributed by atoms with E-state index in [1.54, 1.807) is 37.3 Å². The second-order valence-electron chi connectivity index (χ2n) is 5.94. The molecule has 0 radical (unpaired) electrons. The van der Waals surface area contributed by atoms with Crippen LogP contribution in [0.15, 0.2) is 54.6 Å². The normalized spacial score (nSPS) is 10.1. The van der Waals surface area contributed by atoms with Crippen LogP contribution in [0.2, 0.25) is 0 Å². The summed E-state index contributed by atoms with van der Waals surface area (Å²) in [6, 6.07) is 13.7. The maximum absolute atomic E-state index is 13.6. The predicted octanol–water partition coefficient (Wildman–Crippen LogP) is 1.69. The van der Waals surface area contributed by atoms with Gasteiger partial charge in [0.2, 0.25) is 0 Å². The summed E-state index contributed by atoms with van der Waals surface area (Å²) in [5, 5.41) is 2.22. The Morgan fingerprint density at radius 3 is 2.27 bits per heavy atom. The molecule has 9 heteroatoms. The molecule has 2 aromatic carbocycles. The molecular weight excluding hydrogens is 395 g/mol. The maximum Gasteiger partial charge on any atom is 0.326 e.